The minimum Gasteiger partial charge on any atom is -0.482 e. The summed E-state index contributed by atoms with van der Waals surface area (Å²) in [7, 11) is 0. The molecule has 2 bridgehead atoms. The van der Waals surface area contributed by atoms with Crippen LogP contribution in [0, 0.1) is 5.92 Å². The molecule has 2 aliphatic carbocycles. The van der Waals surface area contributed by atoms with Gasteiger partial charge < -0.3 is 45.1 Å². The van der Waals surface area contributed by atoms with Crippen LogP contribution in [0.4, 0.5) is 0 Å². The molecule has 32 heavy (non-hydrogen) atoms. The van der Waals surface area contributed by atoms with Crippen LogP contribution in [0.25, 0.3) is 0 Å². The second-order valence-corrected chi connectivity index (χ2v) is 9.27. The van der Waals surface area contributed by atoms with Gasteiger partial charge in [-0.1, -0.05) is 18.2 Å². The highest BCUT2D eigenvalue weighted by Crippen LogP contribution is 2.61. The quantitative estimate of drug-likeness (QED) is 0.299. The first-order chi connectivity index (χ1) is 15.3. The highest BCUT2D eigenvalue weighted by Gasteiger charge is 2.63. The Morgan fingerprint density at radius 1 is 1.12 bits per heavy atom. The van der Waals surface area contributed by atoms with Gasteiger partial charge in [0.15, 0.2) is 17.6 Å². The third-order valence-electron chi connectivity index (χ3n) is 7.72. The van der Waals surface area contributed by atoms with Crippen molar-refractivity contribution in [1.29, 1.82) is 0 Å². The van der Waals surface area contributed by atoms with E-state index in [-0.39, 0.29) is 17.7 Å². The van der Waals surface area contributed by atoms with Crippen LogP contribution in [-0.2, 0) is 21.4 Å². The normalized spacial score (nSPS) is 45.7. The second-order valence-electron chi connectivity index (χ2n) is 9.27. The van der Waals surface area contributed by atoms with Crippen LogP contribution < -0.4 is 14.8 Å². The van der Waals surface area contributed by atoms with Crippen molar-refractivity contribution in [2.45, 2.75) is 67.2 Å². The summed E-state index contributed by atoms with van der Waals surface area (Å²) in [5.74, 6) is -0.652. The first-order valence-electron chi connectivity index (χ1n) is 10.8. The standard InChI is InChI=1S/C22H25NO9/c24-11-3-2-9-10-7-8-1-4-12(17-13(8)22(9,5-6-23-10)19(11)31-17)30-21-16(27)14(25)15(26)18(32-21)20(28)29/h1-4,9-11,14-16,18-19,21,23-27H,5-7H2,(H,28,29). The smallest absolute Gasteiger partial charge is 0.335 e. The van der Waals surface area contributed by atoms with Crippen LogP contribution in [0.1, 0.15) is 17.5 Å². The number of hydrogen-bond acceptors (Lipinski definition) is 9. The van der Waals surface area contributed by atoms with E-state index in [9.17, 15) is 30.3 Å². The number of aliphatic hydroxyl groups excluding tert-OH is 4. The summed E-state index contributed by atoms with van der Waals surface area (Å²) in [6.07, 6.45) is -4.39. The van der Waals surface area contributed by atoms with Crippen molar-refractivity contribution in [3.63, 3.8) is 0 Å². The molecule has 0 saturated carbocycles. The summed E-state index contributed by atoms with van der Waals surface area (Å²) in [6.45, 7) is 0.792. The van der Waals surface area contributed by atoms with Gasteiger partial charge in [-0.2, -0.15) is 0 Å². The zero-order chi connectivity index (χ0) is 22.4. The SMILES string of the molecule is O=C(O)C1OC(Oc2ccc3c4c2OC2C(O)C=CC5C(C3)NCCC452)C(O)C(O)C1O. The maximum absolute atomic E-state index is 11.4. The summed E-state index contributed by atoms with van der Waals surface area (Å²) >= 11 is 0. The number of piperidine rings is 1. The predicted octanol–water partition coefficient (Wildman–Crippen LogP) is -1.58. The van der Waals surface area contributed by atoms with Crippen molar-refractivity contribution in [3.8, 4) is 11.5 Å². The van der Waals surface area contributed by atoms with Gasteiger partial charge in [-0.3, -0.25) is 0 Å². The lowest BCUT2D eigenvalue weighted by Crippen LogP contribution is -2.64. The van der Waals surface area contributed by atoms with Gasteiger partial charge in [0.05, 0.1) is 0 Å². The van der Waals surface area contributed by atoms with Crippen LogP contribution in [0.15, 0.2) is 24.3 Å². The number of rotatable bonds is 3. The lowest BCUT2D eigenvalue weighted by molar-refractivity contribution is -0.271. The molecule has 2 saturated heterocycles. The molecule has 172 valence electrons. The molecule has 5 aliphatic rings. The number of hydrogen-bond donors (Lipinski definition) is 6. The Kier molecular flexibility index (Phi) is 4.40. The molecule has 3 aliphatic heterocycles. The molecule has 1 aromatic rings. The molecule has 2 fully saturated rings. The fourth-order valence-electron chi connectivity index (χ4n) is 6.33. The third-order valence-corrected chi connectivity index (χ3v) is 7.72. The lowest BCUT2D eigenvalue weighted by atomic mass is 9.54. The van der Waals surface area contributed by atoms with Crippen LogP contribution in [0.5, 0.6) is 11.5 Å². The van der Waals surface area contributed by atoms with Crippen molar-refractivity contribution < 1.29 is 44.5 Å². The zero-order valence-corrected chi connectivity index (χ0v) is 17.0. The second kappa shape index (κ2) is 6.89. The highest BCUT2D eigenvalue weighted by atomic mass is 16.7. The minimum atomic E-state index is -1.80. The Morgan fingerprint density at radius 3 is 2.72 bits per heavy atom. The topological polar surface area (TPSA) is 158 Å². The van der Waals surface area contributed by atoms with E-state index in [1.54, 1.807) is 12.1 Å². The van der Waals surface area contributed by atoms with Crippen LogP contribution >= 0.6 is 0 Å². The molecule has 3 heterocycles. The van der Waals surface area contributed by atoms with Gasteiger partial charge >= 0.3 is 5.97 Å². The predicted molar refractivity (Wildman–Crippen MR) is 106 cm³/mol. The Labute approximate surface area is 183 Å². The third kappa shape index (κ3) is 2.53. The molecule has 0 aromatic heterocycles. The number of aliphatic hydroxyl groups is 4. The largest absolute Gasteiger partial charge is 0.482 e. The average molecular weight is 447 g/mol. The monoisotopic (exact) mass is 447 g/mol. The van der Waals surface area contributed by atoms with Gasteiger partial charge in [0.25, 0.3) is 0 Å². The van der Waals surface area contributed by atoms with Gasteiger partial charge in [-0.25, -0.2) is 4.79 Å². The van der Waals surface area contributed by atoms with Crippen molar-refractivity contribution in [3.05, 3.63) is 35.4 Å². The number of carboxylic acid groups (broad SMARTS) is 1. The van der Waals surface area contributed by atoms with E-state index in [4.69, 9.17) is 14.2 Å². The number of carboxylic acids is 1. The summed E-state index contributed by atoms with van der Waals surface area (Å²) in [5.41, 5.74) is 1.67. The van der Waals surface area contributed by atoms with E-state index in [1.165, 1.54) is 0 Å². The maximum atomic E-state index is 11.4. The molecule has 1 spiro atoms. The van der Waals surface area contributed by atoms with Crippen molar-refractivity contribution in [2.75, 3.05) is 6.54 Å². The molecular formula is C22H25NO9. The molecular weight excluding hydrogens is 422 g/mol. The number of ether oxygens (including phenoxy) is 3. The van der Waals surface area contributed by atoms with Gasteiger partial charge in [0.2, 0.25) is 6.29 Å². The fourth-order valence-corrected chi connectivity index (χ4v) is 6.33. The van der Waals surface area contributed by atoms with Crippen molar-refractivity contribution >= 4 is 5.97 Å². The lowest BCUT2D eigenvalue weighted by Gasteiger charge is -2.53. The van der Waals surface area contributed by atoms with Crippen molar-refractivity contribution in [1.82, 2.24) is 5.32 Å². The van der Waals surface area contributed by atoms with E-state index in [0.29, 0.717) is 5.75 Å². The van der Waals surface area contributed by atoms with E-state index < -0.39 is 54.3 Å². The first-order valence-corrected chi connectivity index (χ1v) is 10.8. The molecule has 0 radical (unpaired) electrons. The van der Waals surface area contributed by atoms with Gasteiger partial charge in [-0.15, -0.1) is 0 Å². The average Bonchev–Trinajstić information content (AvgIpc) is 3.11. The molecule has 10 atom stereocenters. The van der Waals surface area contributed by atoms with Crippen molar-refractivity contribution in [2.24, 2.45) is 5.92 Å². The van der Waals surface area contributed by atoms with Gasteiger partial charge in [0, 0.05) is 22.9 Å². The van der Waals surface area contributed by atoms with Crippen LogP contribution in [-0.4, -0.2) is 87.0 Å². The number of carbonyl (C=O) groups is 1. The fraction of sp³-hybridized carbons (Fsp3) is 0.591. The molecule has 6 N–H and O–H groups in total. The number of benzene rings is 1. The van der Waals surface area contributed by atoms with Gasteiger partial charge in [0.1, 0.15) is 30.5 Å². The molecule has 10 nitrogen and oxygen atoms in total. The molecule has 1 aromatic carbocycles. The first kappa shape index (κ1) is 20.4. The molecule has 10 heteroatoms. The maximum Gasteiger partial charge on any atom is 0.335 e. The Bertz CT molecular complexity index is 998. The van der Waals surface area contributed by atoms with Crippen LogP contribution in [0.2, 0.25) is 0 Å². The Morgan fingerprint density at radius 2 is 1.94 bits per heavy atom. The van der Waals surface area contributed by atoms with Crippen LogP contribution in [0.3, 0.4) is 0 Å². The summed E-state index contributed by atoms with van der Waals surface area (Å²) in [6, 6.07) is 3.82. The molecule has 0 amide bonds. The molecule has 10 unspecified atom stereocenters. The van der Waals surface area contributed by atoms with Gasteiger partial charge in [-0.05, 0) is 31.0 Å². The number of nitrogens with one attached hydrogen (secondary N) is 1. The van der Waals surface area contributed by atoms with E-state index in [1.807, 2.05) is 6.07 Å². The minimum absolute atomic E-state index is 0.151. The van der Waals surface area contributed by atoms with E-state index in [2.05, 4.69) is 11.4 Å². The highest BCUT2D eigenvalue weighted by molar-refractivity contribution is 5.73. The zero-order valence-electron chi connectivity index (χ0n) is 17.0. The Balaban J connectivity index is 1.40. The summed E-state index contributed by atoms with van der Waals surface area (Å²) in [5, 5.41) is 54.0. The van der Waals surface area contributed by atoms with E-state index in [0.717, 1.165) is 30.5 Å². The summed E-state index contributed by atoms with van der Waals surface area (Å²) in [4.78, 5) is 11.4. The number of aliphatic carboxylic acids is 1. The summed E-state index contributed by atoms with van der Waals surface area (Å²) < 4.78 is 17.4. The van der Waals surface area contributed by atoms with E-state index >= 15 is 0 Å². The molecule has 6 rings (SSSR count). The Hall–Kier alpha value is -2.21.